The van der Waals surface area contributed by atoms with E-state index in [1.54, 1.807) is 0 Å². The summed E-state index contributed by atoms with van der Waals surface area (Å²) < 4.78 is 1.87. The average Bonchev–Trinajstić information content (AvgIpc) is 2.79. The number of carbonyl (C=O) groups is 1. The molecule has 1 aliphatic carbocycles. The zero-order chi connectivity index (χ0) is 17.0. The van der Waals surface area contributed by atoms with Gasteiger partial charge in [0.25, 0.3) is 0 Å². The minimum Gasteiger partial charge on any atom is -0.394 e. The summed E-state index contributed by atoms with van der Waals surface area (Å²) in [4.78, 5) is 13.1. The molecule has 124 valence electrons. The van der Waals surface area contributed by atoms with E-state index in [-0.39, 0.29) is 35.7 Å². The summed E-state index contributed by atoms with van der Waals surface area (Å²) in [6, 6.07) is 7.74. The number of aliphatic hydroxyl groups excluding tert-OH is 2. The lowest BCUT2D eigenvalue weighted by molar-refractivity contribution is 0.0820. The number of hydrogen-bond acceptors (Lipinski definition) is 3. The van der Waals surface area contributed by atoms with Gasteiger partial charge in [0.2, 0.25) is 0 Å². The van der Waals surface area contributed by atoms with Crippen LogP contribution in [0.3, 0.4) is 0 Å². The number of Topliss-reactive ketones (excluding diaryl/α,β-unsaturated/α-hetero) is 1. The monoisotopic (exact) mass is 315 g/mol. The molecule has 0 spiro atoms. The first-order valence-electron chi connectivity index (χ1n) is 8.13. The van der Waals surface area contributed by atoms with Crippen molar-refractivity contribution in [2.45, 2.75) is 40.3 Å². The Kier molecular flexibility index (Phi) is 3.65. The van der Waals surface area contributed by atoms with Crippen LogP contribution in [0.5, 0.6) is 0 Å². The molecule has 1 saturated carbocycles. The van der Waals surface area contributed by atoms with Crippen molar-refractivity contribution in [3.05, 3.63) is 36.0 Å². The topological polar surface area (TPSA) is 62.5 Å². The summed E-state index contributed by atoms with van der Waals surface area (Å²) in [5.74, 6) is 0.186. The molecule has 1 atom stereocenters. The maximum absolute atomic E-state index is 13.1. The molecular formula is C19H25NO3. The van der Waals surface area contributed by atoms with Crippen LogP contribution in [0.25, 0.3) is 10.9 Å². The Morgan fingerprint density at radius 2 is 1.83 bits per heavy atom. The molecule has 0 aliphatic heterocycles. The van der Waals surface area contributed by atoms with Gasteiger partial charge in [0.05, 0.1) is 19.3 Å². The molecule has 0 amide bonds. The van der Waals surface area contributed by atoms with Gasteiger partial charge < -0.3 is 14.8 Å². The molecule has 1 aliphatic rings. The number of ketones is 1. The van der Waals surface area contributed by atoms with Gasteiger partial charge in [0.15, 0.2) is 5.78 Å². The standard InChI is InChI=1S/C19H25NO3/c1-18(2)17(19(18,3)4)16(23)14-10-20(9-12(22)11-21)15-8-6-5-7-13(14)15/h5-8,10,12,17,21-22H,9,11H2,1-4H3/t12-/m1/s1. The van der Waals surface area contributed by atoms with Gasteiger partial charge in [0, 0.05) is 28.6 Å². The summed E-state index contributed by atoms with van der Waals surface area (Å²) in [6.45, 7) is 8.56. The fourth-order valence-electron chi connectivity index (χ4n) is 3.89. The second-order valence-corrected chi connectivity index (χ2v) is 7.79. The van der Waals surface area contributed by atoms with E-state index in [0.717, 1.165) is 16.5 Å². The number of para-hydroxylation sites is 1. The molecular weight excluding hydrogens is 290 g/mol. The maximum Gasteiger partial charge on any atom is 0.169 e. The molecule has 1 aromatic heterocycles. The van der Waals surface area contributed by atoms with E-state index in [9.17, 15) is 9.90 Å². The van der Waals surface area contributed by atoms with Gasteiger partial charge in [-0.2, -0.15) is 0 Å². The van der Waals surface area contributed by atoms with Crippen LogP contribution in [0, 0.1) is 16.7 Å². The van der Waals surface area contributed by atoms with Crippen molar-refractivity contribution in [3.63, 3.8) is 0 Å². The Morgan fingerprint density at radius 3 is 2.39 bits per heavy atom. The summed E-state index contributed by atoms with van der Waals surface area (Å²) in [7, 11) is 0. The van der Waals surface area contributed by atoms with E-state index in [1.807, 2.05) is 35.0 Å². The summed E-state index contributed by atoms with van der Waals surface area (Å²) in [5.41, 5.74) is 1.63. The molecule has 3 rings (SSSR count). The van der Waals surface area contributed by atoms with Crippen LogP contribution in [0.4, 0.5) is 0 Å². The Hall–Kier alpha value is -1.65. The van der Waals surface area contributed by atoms with E-state index in [4.69, 9.17) is 5.11 Å². The SMILES string of the molecule is CC1(C)C(C(=O)c2cn(C[C@@H](O)CO)c3ccccc23)C1(C)C. The van der Waals surface area contributed by atoms with Gasteiger partial charge in [-0.1, -0.05) is 45.9 Å². The van der Waals surface area contributed by atoms with Gasteiger partial charge in [0.1, 0.15) is 0 Å². The molecule has 4 heteroatoms. The highest BCUT2D eigenvalue weighted by Crippen LogP contribution is 2.69. The molecule has 4 nitrogen and oxygen atoms in total. The Balaban J connectivity index is 2.04. The highest BCUT2D eigenvalue weighted by atomic mass is 16.3. The van der Waals surface area contributed by atoms with E-state index in [2.05, 4.69) is 27.7 Å². The largest absolute Gasteiger partial charge is 0.394 e. The number of fused-ring (bicyclic) bond motifs is 1. The van der Waals surface area contributed by atoms with Gasteiger partial charge in [-0.3, -0.25) is 4.79 Å². The van der Waals surface area contributed by atoms with Gasteiger partial charge >= 0.3 is 0 Å². The maximum atomic E-state index is 13.1. The number of hydrogen-bond donors (Lipinski definition) is 2. The number of aromatic nitrogens is 1. The minimum atomic E-state index is -0.831. The molecule has 23 heavy (non-hydrogen) atoms. The van der Waals surface area contributed by atoms with Crippen LogP contribution >= 0.6 is 0 Å². The Labute approximate surface area is 136 Å². The molecule has 1 fully saturated rings. The number of aliphatic hydroxyl groups is 2. The third-order valence-electron chi connectivity index (χ3n) is 5.96. The van der Waals surface area contributed by atoms with Crippen LogP contribution in [-0.2, 0) is 6.54 Å². The number of carbonyl (C=O) groups excluding carboxylic acids is 1. The fourth-order valence-corrected chi connectivity index (χ4v) is 3.89. The minimum absolute atomic E-state index is 0.00208. The van der Waals surface area contributed by atoms with Crippen molar-refractivity contribution in [2.75, 3.05) is 6.61 Å². The molecule has 0 radical (unpaired) electrons. The van der Waals surface area contributed by atoms with E-state index in [1.165, 1.54) is 0 Å². The average molecular weight is 315 g/mol. The van der Waals surface area contributed by atoms with E-state index < -0.39 is 6.10 Å². The molecule has 0 unspecified atom stereocenters. The molecule has 2 N–H and O–H groups in total. The first-order valence-corrected chi connectivity index (χ1v) is 8.13. The summed E-state index contributed by atoms with van der Waals surface area (Å²) >= 11 is 0. The van der Waals surface area contributed by atoms with Crippen molar-refractivity contribution in [1.82, 2.24) is 4.57 Å². The lowest BCUT2D eigenvalue weighted by Gasteiger charge is -2.09. The van der Waals surface area contributed by atoms with Gasteiger partial charge in [-0.15, -0.1) is 0 Å². The van der Waals surface area contributed by atoms with Crippen LogP contribution in [0.2, 0.25) is 0 Å². The zero-order valence-corrected chi connectivity index (χ0v) is 14.2. The smallest absolute Gasteiger partial charge is 0.169 e. The van der Waals surface area contributed by atoms with E-state index >= 15 is 0 Å². The Bertz CT molecular complexity index is 743. The van der Waals surface area contributed by atoms with Crippen LogP contribution in [0.1, 0.15) is 38.1 Å². The number of nitrogens with zero attached hydrogens (tertiary/aromatic N) is 1. The van der Waals surface area contributed by atoms with Crippen molar-refractivity contribution in [1.29, 1.82) is 0 Å². The molecule has 0 bridgehead atoms. The van der Waals surface area contributed by atoms with Gasteiger partial charge in [-0.25, -0.2) is 0 Å². The quantitative estimate of drug-likeness (QED) is 0.834. The predicted octanol–water partition coefficient (Wildman–Crippen LogP) is 2.86. The summed E-state index contributed by atoms with van der Waals surface area (Å²) in [5, 5.41) is 19.8. The van der Waals surface area contributed by atoms with Crippen molar-refractivity contribution < 1.29 is 15.0 Å². The summed E-state index contributed by atoms with van der Waals surface area (Å²) in [6.07, 6.45) is 0.999. The fraction of sp³-hybridized carbons (Fsp3) is 0.526. The van der Waals surface area contributed by atoms with Gasteiger partial charge in [-0.05, 0) is 16.9 Å². The number of rotatable bonds is 5. The van der Waals surface area contributed by atoms with Crippen molar-refractivity contribution in [3.8, 4) is 0 Å². The second-order valence-electron chi connectivity index (χ2n) is 7.79. The van der Waals surface area contributed by atoms with E-state index in [0.29, 0.717) is 0 Å². The number of benzene rings is 1. The van der Waals surface area contributed by atoms with Crippen molar-refractivity contribution in [2.24, 2.45) is 16.7 Å². The lowest BCUT2D eigenvalue weighted by atomic mass is 10.0. The van der Waals surface area contributed by atoms with Crippen LogP contribution in [0.15, 0.2) is 30.5 Å². The normalized spacial score (nSPS) is 20.6. The third kappa shape index (κ3) is 2.32. The molecule has 2 aromatic rings. The van der Waals surface area contributed by atoms with Crippen molar-refractivity contribution >= 4 is 16.7 Å². The van der Waals surface area contributed by atoms with Crippen LogP contribution < -0.4 is 0 Å². The highest BCUT2D eigenvalue weighted by molar-refractivity contribution is 6.11. The first kappa shape index (κ1) is 16.2. The molecule has 1 heterocycles. The second kappa shape index (κ2) is 5.18. The molecule has 1 aromatic carbocycles. The molecule has 0 saturated heterocycles. The lowest BCUT2D eigenvalue weighted by Crippen LogP contribution is -2.19. The Morgan fingerprint density at radius 1 is 1.22 bits per heavy atom. The predicted molar refractivity (Wildman–Crippen MR) is 90.4 cm³/mol. The first-order chi connectivity index (χ1) is 10.7. The zero-order valence-electron chi connectivity index (χ0n) is 14.2. The van der Waals surface area contributed by atoms with Crippen LogP contribution in [-0.4, -0.2) is 33.3 Å². The third-order valence-corrected chi connectivity index (χ3v) is 5.96. The highest BCUT2D eigenvalue weighted by Gasteiger charge is 2.68.